The summed E-state index contributed by atoms with van der Waals surface area (Å²) in [6.07, 6.45) is 7.72. The lowest BCUT2D eigenvalue weighted by atomic mass is 10.1. The monoisotopic (exact) mass is 338 g/mol. The molecule has 1 saturated heterocycles. The van der Waals surface area contributed by atoms with Gasteiger partial charge in [0.25, 0.3) is 0 Å². The molecule has 122 valence electrons. The SMILES string of the molecule is c1ccc(CN2CCCC2c2ccnc(Nc3nccs3)n2)nc1. The van der Waals surface area contributed by atoms with E-state index in [2.05, 4.69) is 31.2 Å². The number of thiazole rings is 1. The van der Waals surface area contributed by atoms with Gasteiger partial charge in [0.05, 0.1) is 17.4 Å². The topological polar surface area (TPSA) is 66.8 Å². The van der Waals surface area contributed by atoms with Crippen LogP contribution in [0.2, 0.25) is 0 Å². The van der Waals surface area contributed by atoms with Crippen LogP contribution in [0, 0.1) is 0 Å². The molecule has 3 aromatic rings. The van der Waals surface area contributed by atoms with Crippen molar-refractivity contribution in [3.8, 4) is 0 Å². The lowest BCUT2D eigenvalue weighted by Gasteiger charge is -2.23. The van der Waals surface area contributed by atoms with Gasteiger partial charge < -0.3 is 5.32 Å². The molecule has 1 aliphatic rings. The molecule has 0 saturated carbocycles. The van der Waals surface area contributed by atoms with Gasteiger partial charge in [-0.1, -0.05) is 6.07 Å². The van der Waals surface area contributed by atoms with Crippen LogP contribution >= 0.6 is 11.3 Å². The fraction of sp³-hybridized carbons (Fsp3) is 0.294. The molecule has 0 spiro atoms. The Morgan fingerprint density at radius 1 is 1.12 bits per heavy atom. The molecule has 0 radical (unpaired) electrons. The predicted molar refractivity (Wildman–Crippen MR) is 94.1 cm³/mol. The van der Waals surface area contributed by atoms with Crippen molar-refractivity contribution < 1.29 is 0 Å². The molecule has 4 heterocycles. The number of aromatic nitrogens is 4. The zero-order chi connectivity index (χ0) is 16.2. The highest BCUT2D eigenvalue weighted by Gasteiger charge is 2.27. The summed E-state index contributed by atoms with van der Waals surface area (Å²) in [6, 6.07) is 8.38. The summed E-state index contributed by atoms with van der Waals surface area (Å²) in [5.41, 5.74) is 2.15. The van der Waals surface area contributed by atoms with Crippen LogP contribution in [-0.2, 0) is 6.54 Å². The molecule has 0 aliphatic carbocycles. The molecule has 7 heteroatoms. The van der Waals surface area contributed by atoms with E-state index in [9.17, 15) is 0 Å². The molecule has 1 aliphatic heterocycles. The average Bonchev–Trinajstić information content (AvgIpc) is 3.28. The summed E-state index contributed by atoms with van der Waals surface area (Å²) in [5.74, 6) is 0.604. The average molecular weight is 338 g/mol. The third kappa shape index (κ3) is 3.42. The number of hydrogen-bond acceptors (Lipinski definition) is 7. The number of nitrogens with zero attached hydrogens (tertiary/aromatic N) is 5. The highest BCUT2D eigenvalue weighted by atomic mass is 32.1. The normalized spacial score (nSPS) is 17.9. The van der Waals surface area contributed by atoms with Crippen molar-refractivity contribution in [3.05, 3.63) is 59.6 Å². The maximum atomic E-state index is 4.70. The van der Waals surface area contributed by atoms with Crippen LogP contribution in [0.5, 0.6) is 0 Å². The largest absolute Gasteiger partial charge is 0.300 e. The first-order valence-electron chi connectivity index (χ1n) is 8.02. The van der Waals surface area contributed by atoms with Gasteiger partial charge in [-0.05, 0) is 37.6 Å². The molecule has 0 bridgehead atoms. The fourth-order valence-corrected chi connectivity index (χ4v) is 3.57. The van der Waals surface area contributed by atoms with Crippen LogP contribution in [0.25, 0.3) is 0 Å². The van der Waals surface area contributed by atoms with E-state index in [0.29, 0.717) is 12.0 Å². The van der Waals surface area contributed by atoms with E-state index in [-0.39, 0.29) is 0 Å². The van der Waals surface area contributed by atoms with Crippen LogP contribution in [0.1, 0.15) is 30.3 Å². The van der Waals surface area contributed by atoms with Gasteiger partial charge in [-0.3, -0.25) is 9.88 Å². The molecule has 24 heavy (non-hydrogen) atoms. The van der Waals surface area contributed by atoms with Gasteiger partial charge in [0.2, 0.25) is 5.95 Å². The maximum Gasteiger partial charge on any atom is 0.229 e. The van der Waals surface area contributed by atoms with Crippen molar-refractivity contribution in [2.45, 2.75) is 25.4 Å². The standard InChI is InChI=1S/C17H18N6S/c1-2-7-18-13(4-1)12-23-10-3-5-15(23)14-6-8-19-16(21-14)22-17-20-9-11-24-17/h1-2,4,6-9,11,15H,3,5,10,12H2,(H,19,20,21,22). The molecule has 1 unspecified atom stereocenters. The molecule has 6 nitrogen and oxygen atoms in total. The Balaban J connectivity index is 1.51. The third-order valence-corrected chi connectivity index (χ3v) is 4.81. The molecule has 1 N–H and O–H groups in total. The Bertz CT molecular complexity index is 777. The van der Waals surface area contributed by atoms with Gasteiger partial charge >= 0.3 is 0 Å². The highest BCUT2D eigenvalue weighted by Crippen LogP contribution is 2.32. The summed E-state index contributed by atoms with van der Waals surface area (Å²) in [6.45, 7) is 1.92. The van der Waals surface area contributed by atoms with Crippen molar-refractivity contribution in [2.75, 3.05) is 11.9 Å². The van der Waals surface area contributed by atoms with Crippen molar-refractivity contribution >= 4 is 22.4 Å². The van der Waals surface area contributed by atoms with E-state index in [1.165, 1.54) is 17.8 Å². The first-order valence-corrected chi connectivity index (χ1v) is 8.90. The van der Waals surface area contributed by atoms with Gasteiger partial charge in [-0.25, -0.2) is 15.0 Å². The molecule has 3 aromatic heterocycles. The molecular weight excluding hydrogens is 320 g/mol. The van der Waals surface area contributed by atoms with E-state index >= 15 is 0 Å². The van der Waals surface area contributed by atoms with Gasteiger partial charge in [0.1, 0.15) is 0 Å². The van der Waals surface area contributed by atoms with Gasteiger partial charge in [-0.2, -0.15) is 0 Å². The number of rotatable bonds is 5. The smallest absolute Gasteiger partial charge is 0.229 e. The van der Waals surface area contributed by atoms with Crippen molar-refractivity contribution in [3.63, 3.8) is 0 Å². The van der Waals surface area contributed by atoms with Crippen LogP contribution in [0.4, 0.5) is 11.1 Å². The lowest BCUT2D eigenvalue weighted by molar-refractivity contribution is 0.241. The summed E-state index contributed by atoms with van der Waals surface area (Å²) in [4.78, 5) is 20.1. The number of anilines is 2. The first kappa shape index (κ1) is 15.2. The Labute approximate surface area is 144 Å². The minimum Gasteiger partial charge on any atom is -0.300 e. The zero-order valence-electron chi connectivity index (χ0n) is 13.2. The third-order valence-electron chi connectivity index (χ3n) is 4.12. The summed E-state index contributed by atoms with van der Waals surface area (Å²) < 4.78 is 0. The molecular formula is C17H18N6S. The predicted octanol–water partition coefficient (Wildman–Crippen LogP) is 3.41. The van der Waals surface area contributed by atoms with Crippen LogP contribution < -0.4 is 5.32 Å². The lowest BCUT2D eigenvalue weighted by Crippen LogP contribution is -2.24. The second-order valence-corrected chi connectivity index (χ2v) is 6.61. The van der Waals surface area contributed by atoms with Crippen LogP contribution in [0.15, 0.2) is 48.2 Å². The fourth-order valence-electron chi connectivity index (χ4n) is 3.05. The summed E-state index contributed by atoms with van der Waals surface area (Å²) in [7, 11) is 0. The van der Waals surface area contributed by atoms with Crippen molar-refractivity contribution in [1.82, 2.24) is 24.8 Å². The van der Waals surface area contributed by atoms with Gasteiger partial charge in [0, 0.05) is 30.5 Å². The van der Waals surface area contributed by atoms with Crippen LogP contribution in [-0.4, -0.2) is 31.4 Å². The highest BCUT2D eigenvalue weighted by molar-refractivity contribution is 7.13. The van der Waals surface area contributed by atoms with E-state index < -0.39 is 0 Å². The zero-order valence-corrected chi connectivity index (χ0v) is 14.0. The minimum atomic E-state index is 0.312. The second-order valence-electron chi connectivity index (χ2n) is 5.72. The molecule has 1 fully saturated rings. The molecule has 0 amide bonds. The number of nitrogens with one attached hydrogen (secondary N) is 1. The van der Waals surface area contributed by atoms with E-state index in [1.807, 2.05) is 36.0 Å². The number of hydrogen-bond donors (Lipinski definition) is 1. The van der Waals surface area contributed by atoms with Gasteiger partial charge in [0.15, 0.2) is 5.13 Å². The first-order chi connectivity index (χ1) is 11.9. The Hall–Kier alpha value is -2.38. The van der Waals surface area contributed by atoms with E-state index in [1.54, 1.807) is 6.20 Å². The Morgan fingerprint density at radius 2 is 2.12 bits per heavy atom. The van der Waals surface area contributed by atoms with Crippen LogP contribution in [0.3, 0.4) is 0 Å². The Morgan fingerprint density at radius 3 is 2.96 bits per heavy atom. The van der Waals surface area contributed by atoms with Gasteiger partial charge in [-0.15, -0.1) is 11.3 Å². The van der Waals surface area contributed by atoms with Crippen molar-refractivity contribution in [2.24, 2.45) is 0 Å². The summed E-state index contributed by atoms with van der Waals surface area (Å²) in [5, 5.41) is 5.90. The number of likely N-dealkylation sites (tertiary alicyclic amines) is 1. The Kier molecular flexibility index (Phi) is 4.44. The quantitative estimate of drug-likeness (QED) is 0.769. The summed E-state index contributed by atoms with van der Waals surface area (Å²) >= 11 is 1.54. The molecule has 4 rings (SSSR count). The van der Waals surface area contributed by atoms with E-state index in [4.69, 9.17) is 4.98 Å². The van der Waals surface area contributed by atoms with E-state index in [0.717, 1.165) is 36.0 Å². The number of pyridine rings is 1. The second kappa shape index (κ2) is 7.02. The minimum absolute atomic E-state index is 0.312. The maximum absolute atomic E-state index is 4.70. The molecule has 1 atom stereocenters. The molecule has 0 aromatic carbocycles. The van der Waals surface area contributed by atoms with Crippen molar-refractivity contribution in [1.29, 1.82) is 0 Å².